The quantitative estimate of drug-likeness (QED) is 0.664. The Labute approximate surface area is 164 Å². The highest BCUT2D eigenvalue weighted by molar-refractivity contribution is 9.09. The van der Waals surface area contributed by atoms with E-state index in [1.165, 1.54) is 0 Å². The number of hydrogen-bond acceptors (Lipinski definition) is 4. The van der Waals surface area contributed by atoms with Gasteiger partial charge in [-0.05, 0) is 68.1 Å². The molecular weight excluding hydrogens is 396 g/mol. The van der Waals surface area contributed by atoms with Crippen LogP contribution in [0.25, 0.3) is 0 Å². The van der Waals surface area contributed by atoms with Crippen molar-refractivity contribution in [2.45, 2.75) is 76.9 Å². The minimum atomic E-state index is -1.37. The molecular formula is C21H31BrO4. The van der Waals surface area contributed by atoms with Crippen molar-refractivity contribution in [2.75, 3.05) is 5.33 Å². The van der Waals surface area contributed by atoms with Crippen molar-refractivity contribution in [3.8, 4) is 0 Å². The molecule has 2 N–H and O–H groups in total. The number of rotatable bonds is 2. The zero-order valence-corrected chi connectivity index (χ0v) is 17.4. The molecule has 0 aromatic heterocycles. The number of Topliss-reactive ketones (excluding diaryl/α,β-unsaturated/α-hetero) is 2. The molecule has 0 heterocycles. The fourth-order valence-electron chi connectivity index (χ4n) is 7.62. The number of alkyl halides is 1. The summed E-state index contributed by atoms with van der Waals surface area (Å²) >= 11 is 3.23. The minimum absolute atomic E-state index is 0.0271. The maximum absolute atomic E-state index is 13.4. The number of carbonyl (C=O) groups is 2. The Balaban J connectivity index is 1.70. The van der Waals surface area contributed by atoms with Crippen molar-refractivity contribution in [2.24, 2.45) is 34.5 Å². The Bertz CT molecular complexity index is 636. The van der Waals surface area contributed by atoms with Crippen LogP contribution in [0.3, 0.4) is 0 Å². The molecule has 4 aliphatic carbocycles. The van der Waals surface area contributed by atoms with Crippen molar-refractivity contribution in [3.05, 3.63) is 0 Å². The Morgan fingerprint density at radius 2 is 1.92 bits per heavy atom. The normalized spacial score (nSPS) is 53.6. The topological polar surface area (TPSA) is 74.6 Å². The second-order valence-electron chi connectivity index (χ2n) is 9.97. The number of carbonyl (C=O) groups excluding carboxylic acids is 2. The monoisotopic (exact) mass is 426 g/mol. The number of hydrogen-bond donors (Lipinski definition) is 2. The summed E-state index contributed by atoms with van der Waals surface area (Å²) in [5.74, 6) is 1.05. The lowest BCUT2D eigenvalue weighted by Gasteiger charge is -2.60. The van der Waals surface area contributed by atoms with Crippen LogP contribution in [-0.2, 0) is 9.59 Å². The van der Waals surface area contributed by atoms with Crippen molar-refractivity contribution >= 4 is 27.5 Å². The van der Waals surface area contributed by atoms with Gasteiger partial charge in [-0.1, -0.05) is 29.8 Å². The summed E-state index contributed by atoms with van der Waals surface area (Å²) in [5, 5.41) is 21.5. The van der Waals surface area contributed by atoms with Crippen LogP contribution < -0.4 is 0 Å². The SMILES string of the molecule is C[C@]12CC[C@H](O)C[C@@H]1CC[C@@H]1[C@@H]2C(=O)C[C@@]2(C)[C@H]1CC[C@@]2(O)C(=O)CBr. The third kappa shape index (κ3) is 2.32. The molecule has 0 unspecified atom stereocenters. The first-order chi connectivity index (χ1) is 12.2. The summed E-state index contributed by atoms with van der Waals surface area (Å²) < 4.78 is 0. The van der Waals surface area contributed by atoms with E-state index >= 15 is 0 Å². The Hall–Kier alpha value is -0.260. The summed E-state index contributed by atoms with van der Waals surface area (Å²) in [6, 6.07) is 0. The van der Waals surface area contributed by atoms with Crippen LogP contribution in [-0.4, -0.2) is 38.8 Å². The molecule has 4 rings (SSSR count). The van der Waals surface area contributed by atoms with Gasteiger partial charge < -0.3 is 10.2 Å². The summed E-state index contributed by atoms with van der Waals surface area (Å²) in [6.07, 6.45) is 5.98. The second kappa shape index (κ2) is 6.12. The summed E-state index contributed by atoms with van der Waals surface area (Å²) in [4.78, 5) is 26.0. The number of aliphatic hydroxyl groups is 2. The lowest BCUT2D eigenvalue weighted by molar-refractivity contribution is -0.177. The molecule has 4 fully saturated rings. The van der Waals surface area contributed by atoms with Gasteiger partial charge in [0.05, 0.1) is 11.4 Å². The number of ketones is 2. The van der Waals surface area contributed by atoms with Crippen LogP contribution in [0.1, 0.15) is 65.2 Å². The standard InChI is InChI=1S/C21H31BrO4/c1-19-7-5-13(23)9-12(19)3-4-14-15-6-8-21(26,17(25)11-22)20(15,2)10-16(24)18(14)19/h12-15,18,23,26H,3-11H2,1-2H3/t12-,13-,14-,15-,18+,19-,20-,21+/m0/s1. The van der Waals surface area contributed by atoms with Gasteiger partial charge in [0.15, 0.2) is 5.78 Å². The van der Waals surface area contributed by atoms with Crippen LogP contribution in [0, 0.1) is 34.5 Å². The molecule has 0 radical (unpaired) electrons. The predicted octanol–water partition coefficient (Wildman–Crippen LogP) is 3.26. The molecule has 0 amide bonds. The fraction of sp³-hybridized carbons (Fsp3) is 0.905. The second-order valence-corrected chi connectivity index (χ2v) is 10.5. The van der Waals surface area contributed by atoms with E-state index in [0.717, 1.165) is 38.5 Å². The van der Waals surface area contributed by atoms with Gasteiger partial charge in [-0.3, -0.25) is 9.59 Å². The molecule has 4 aliphatic rings. The highest BCUT2D eigenvalue weighted by Gasteiger charge is 2.68. The van der Waals surface area contributed by atoms with Crippen LogP contribution in [0.15, 0.2) is 0 Å². The first-order valence-corrected chi connectivity index (χ1v) is 11.3. The first kappa shape index (κ1) is 19.1. The molecule has 0 aliphatic heterocycles. The molecule has 0 bridgehead atoms. The first-order valence-electron chi connectivity index (χ1n) is 10.2. The fourth-order valence-corrected chi connectivity index (χ4v) is 8.09. The average Bonchev–Trinajstić information content (AvgIpc) is 2.86. The molecule has 4 saturated carbocycles. The van der Waals surface area contributed by atoms with E-state index in [4.69, 9.17) is 0 Å². The molecule has 0 saturated heterocycles. The Morgan fingerprint density at radius 3 is 2.62 bits per heavy atom. The van der Waals surface area contributed by atoms with Crippen molar-refractivity contribution in [3.63, 3.8) is 0 Å². The smallest absolute Gasteiger partial charge is 0.175 e. The van der Waals surface area contributed by atoms with E-state index in [-0.39, 0.29) is 46.2 Å². The van der Waals surface area contributed by atoms with Gasteiger partial charge >= 0.3 is 0 Å². The molecule has 4 nitrogen and oxygen atoms in total. The van der Waals surface area contributed by atoms with Gasteiger partial charge in [-0.25, -0.2) is 0 Å². The maximum atomic E-state index is 13.4. The summed E-state index contributed by atoms with van der Waals surface area (Å²) in [5.41, 5.74) is -2.03. The van der Waals surface area contributed by atoms with E-state index in [1.54, 1.807) is 0 Å². The minimum Gasteiger partial charge on any atom is -0.393 e. The van der Waals surface area contributed by atoms with Gasteiger partial charge in [-0.15, -0.1) is 0 Å². The summed E-state index contributed by atoms with van der Waals surface area (Å²) in [7, 11) is 0. The zero-order chi connectivity index (χ0) is 18.9. The van der Waals surface area contributed by atoms with Crippen molar-refractivity contribution in [1.82, 2.24) is 0 Å². The molecule has 5 heteroatoms. The lowest BCUT2D eigenvalue weighted by Crippen LogP contribution is -2.62. The third-order valence-corrected chi connectivity index (χ3v) is 9.57. The van der Waals surface area contributed by atoms with E-state index < -0.39 is 11.0 Å². The summed E-state index contributed by atoms with van der Waals surface area (Å²) in [6.45, 7) is 4.25. The highest BCUT2D eigenvalue weighted by atomic mass is 79.9. The van der Waals surface area contributed by atoms with Gasteiger partial charge in [0.2, 0.25) is 0 Å². The molecule has 26 heavy (non-hydrogen) atoms. The van der Waals surface area contributed by atoms with E-state index in [1.807, 2.05) is 6.92 Å². The number of aliphatic hydroxyl groups excluding tert-OH is 1. The van der Waals surface area contributed by atoms with Crippen molar-refractivity contribution in [1.29, 1.82) is 0 Å². The zero-order valence-electron chi connectivity index (χ0n) is 15.8. The number of fused-ring (bicyclic) bond motifs is 5. The van der Waals surface area contributed by atoms with Crippen LogP contribution >= 0.6 is 15.9 Å². The average molecular weight is 427 g/mol. The van der Waals surface area contributed by atoms with Gasteiger partial charge in [0.1, 0.15) is 11.4 Å². The lowest BCUT2D eigenvalue weighted by atomic mass is 9.44. The molecule has 0 aromatic rings. The molecule has 146 valence electrons. The maximum Gasteiger partial charge on any atom is 0.175 e. The Morgan fingerprint density at radius 1 is 1.19 bits per heavy atom. The van der Waals surface area contributed by atoms with Crippen LogP contribution in [0.4, 0.5) is 0 Å². The van der Waals surface area contributed by atoms with Crippen LogP contribution in [0.2, 0.25) is 0 Å². The van der Waals surface area contributed by atoms with Crippen LogP contribution in [0.5, 0.6) is 0 Å². The van der Waals surface area contributed by atoms with E-state index in [2.05, 4.69) is 22.9 Å². The van der Waals surface area contributed by atoms with E-state index in [0.29, 0.717) is 18.8 Å². The molecule has 8 atom stereocenters. The predicted molar refractivity (Wildman–Crippen MR) is 102 cm³/mol. The third-order valence-electron chi connectivity index (χ3n) is 9.06. The van der Waals surface area contributed by atoms with E-state index in [9.17, 15) is 19.8 Å². The highest BCUT2D eigenvalue weighted by Crippen LogP contribution is 2.67. The largest absolute Gasteiger partial charge is 0.393 e. The molecule has 0 spiro atoms. The van der Waals surface area contributed by atoms with Crippen molar-refractivity contribution < 1.29 is 19.8 Å². The van der Waals surface area contributed by atoms with Gasteiger partial charge in [-0.2, -0.15) is 0 Å². The van der Waals surface area contributed by atoms with Gasteiger partial charge in [0.25, 0.3) is 0 Å². The molecule has 0 aromatic carbocycles. The Kier molecular flexibility index (Phi) is 4.49. The number of halogens is 1. The van der Waals surface area contributed by atoms with Gasteiger partial charge in [0, 0.05) is 17.8 Å².